The SMILES string of the molecule is CC(C)CC1(CNC(C)C)CCC1. The Hall–Kier alpha value is -0.0400. The lowest BCUT2D eigenvalue weighted by Crippen LogP contribution is -2.43. The molecule has 0 aliphatic heterocycles. The van der Waals surface area contributed by atoms with Crippen LogP contribution in [0.5, 0.6) is 0 Å². The topological polar surface area (TPSA) is 12.0 Å². The summed E-state index contributed by atoms with van der Waals surface area (Å²) in [5, 5.41) is 3.59. The summed E-state index contributed by atoms with van der Waals surface area (Å²) in [6.45, 7) is 10.4. The Labute approximate surface area is 83.3 Å². The molecule has 1 heteroatoms. The van der Waals surface area contributed by atoms with Gasteiger partial charge in [0, 0.05) is 12.6 Å². The molecule has 1 aliphatic carbocycles. The first kappa shape index (κ1) is 11.0. The lowest BCUT2D eigenvalue weighted by Gasteiger charge is -2.44. The third-order valence-corrected chi connectivity index (χ3v) is 3.14. The van der Waals surface area contributed by atoms with E-state index in [0.717, 1.165) is 5.92 Å². The van der Waals surface area contributed by atoms with Gasteiger partial charge in [0.15, 0.2) is 0 Å². The maximum absolute atomic E-state index is 3.59. The van der Waals surface area contributed by atoms with Crippen LogP contribution in [0.15, 0.2) is 0 Å². The Kier molecular flexibility index (Phi) is 3.78. The average molecular weight is 183 g/mol. The summed E-state index contributed by atoms with van der Waals surface area (Å²) in [6.07, 6.45) is 5.76. The van der Waals surface area contributed by atoms with Gasteiger partial charge in [-0.2, -0.15) is 0 Å². The fourth-order valence-electron chi connectivity index (χ4n) is 2.42. The van der Waals surface area contributed by atoms with Crippen LogP contribution < -0.4 is 5.32 Å². The standard InChI is InChI=1S/C12H25N/c1-10(2)8-12(6-5-7-12)9-13-11(3)4/h10-11,13H,5-9H2,1-4H3. The molecule has 1 N–H and O–H groups in total. The molecular formula is C12H25N. The van der Waals surface area contributed by atoms with Crippen LogP contribution in [0, 0.1) is 11.3 Å². The molecule has 0 amide bonds. The number of hydrogen-bond donors (Lipinski definition) is 1. The minimum atomic E-state index is 0.643. The number of nitrogens with one attached hydrogen (secondary N) is 1. The Morgan fingerprint density at radius 3 is 2.08 bits per heavy atom. The zero-order chi connectivity index (χ0) is 9.90. The van der Waals surface area contributed by atoms with Gasteiger partial charge in [-0.3, -0.25) is 0 Å². The molecule has 0 atom stereocenters. The summed E-state index contributed by atoms with van der Waals surface area (Å²) in [5.74, 6) is 0.856. The summed E-state index contributed by atoms with van der Waals surface area (Å²) in [7, 11) is 0. The third-order valence-electron chi connectivity index (χ3n) is 3.14. The molecule has 1 fully saturated rings. The highest BCUT2D eigenvalue weighted by Crippen LogP contribution is 2.45. The highest BCUT2D eigenvalue weighted by Gasteiger charge is 2.36. The molecule has 0 bridgehead atoms. The van der Waals surface area contributed by atoms with Gasteiger partial charge < -0.3 is 5.32 Å². The van der Waals surface area contributed by atoms with Gasteiger partial charge in [0.05, 0.1) is 0 Å². The van der Waals surface area contributed by atoms with Gasteiger partial charge in [0.25, 0.3) is 0 Å². The second-order valence-electron chi connectivity index (χ2n) is 5.49. The van der Waals surface area contributed by atoms with Crippen LogP contribution in [0.4, 0.5) is 0 Å². The van der Waals surface area contributed by atoms with Gasteiger partial charge in [-0.05, 0) is 30.6 Å². The molecule has 1 nitrogen and oxygen atoms in total. The molecule has 1 saturated carbocycles. The van der Waals surface area contributed by atoms with Crippen molar-refractivity contribution in [3.63, 3.8) is 0 Å². The van der Waals surface area contributed by atoms with Crippen molar-refractivity contribution in [3.05, 3.63) is 0 Å². The largest absolute Gasteiger partial charge is 0.314 e. The van der Waals surface area contributed by atoms with E-state index in [2.05, 4.69) is 33.0 Å². The summed E-state index contributed by atoms with van der Waals surface area (Å²) < 4.78 is 0. The molecule has 1 rings (SSSR count). The van der Waals surface area contributed by atoms with Crippen molar-refractivity contribution in [2.45, 2.75) is 59.4 Å². The molecule has 0 unspecified atom stereocenters. The van der Waals surface area contributed by atoms with Crippen LogP contribution in [-0.4, -0.2) is 12.6 Å². The van der Waals surface area contributed by atoms with Crippen molar-refractivity contribution in [3.8, 4) is 0 Å². The third kappa shape index (κ3) is 3.30. The van der Waals surface area contributed by atoms with Crippen molar-refractivity contribution >= 4 is 0 Å². The van der Waals surface area contributed by atoms with Crippen molar-refractivity contribution in [2.75, 3.05) is 6.54 Å². The van der Waals surface area contributed by atoms with Crippen LogP contribution in [0.25, 0.3) is 0 Å². The zero-order valence-corrected chi connectivity index (χ0v) is 9.69. The van der Waals surface area contributed by atoms with Crippen molar-refractivity contribution in [1.29, 1.82) is 0 Å². The van der Waals surface area contributed by atoms with Crippen molar-refractivity contribution in [1.82, 2.24) is 5.32 Å². The molecule has 0 spiro atoms. The van der Waals surface area contributed by atoms with Gasteiger partial charge in [-0.25, -0.2) is 0 Å². The summed E-state index contributed by atoms with van der Waals surface area (Å²) in [6, 6.07) is 0.643. The van der Waals surface area contributed by atoms with Gasteiger partial charge >= 0.3 is 0 Å². The summed E-state index contributed by atoms with van der Waals surface area (Å²) in [5.41, 5.74) is 0.665. The minimum Gasteiger partial charge on any atom is -0.314 e. The van der Waals surface area contributed by atoms with Crippen LogP contribution in [0.3, 0.4) is 0 Å². The monoisotopic (exact) mass is 183 g/mol. The van der Waals surface area contributed by atoms with Crippen molar-refractivity contribution < 1.29 is 0 Å². The summed E-state index contributed by atoms with van der Waals surface area (Å²) >= 11 is 0. The molecular weight excluding hydrogens is 158 g/mol. The van der Waals surface area contributed by atoms with E-state index in [4.69, 9.17) is 0 Å². The van der Waals surface area contributed by atoms with Gasteiger partial charge in [-0.1, -0.05) is 34.1 Å². The maximum Gasteiger partial charge on any atom is 0.00106 e. The predicted molar refractivity (Wildman–Crippen MR) is 58.9 cm³/mol. The van der Waals surface area contributed by atoms with Crippen molar-refractivity contribution in [2.24, 2.45) is 11.3 Å². The van der Waals surface area contributed by atoms with Gasteiger partial charge in [0.1, 0.15) is 0 Å². The Bertz CT molecular complexity index is 145. The van der Waals surface area contributed by atoms with E-state index < -0.39 is 0 Å². The van der Waals surface area contributed by atoms with E-state index in [0.29, 0.717) is 11.5 Å². The summed E-state index contributed by atoms with van der Waals surface area (Å²) in [4.78, 5) is 0. The maximum atomic E-state index is 3.59. The first-order valence-electron chi connectivity index (χ1n) is 5.77. The highest BCUT2D eigenvalue weighted by atomic mass is 14.9. The molecule has 13 heavy (non-hydrogen) atoms. The molecule has 0 aromatic carbocycles. The first-order chi connectivity index (χ1) is 6.04. The average Bonchev–Trinajstić information content (AvgIpc) is 1.93. The molecule has 0 radical (unpaired) electrons. The van der Waals surface area contributed by atoms with Crippen LogP contribution in [0.2, 0.25) is 0 Å². The fourth-order valence-corrected chi connectivity index (χ4v) is 2.42. The molecule has 78 valence electrons. The van der Waals surface area contributed by atoms with Gasteiger partial charge in [0.2, 0.25) is 0 Å². The Balaban J connectivity index is 2.31. The normalized spacial score (nSPS) is 20.8. The predicted octanol–water partition coefficient (Wildman–Crippen LogP) is 3.20. The van der Waals surface area contributed by atoms with Crippen LogP contribution in [-0.2, 0) is 0 Å². The van der Waals surface area contributed by atoms with Gasteiger partial charge in [-0.15, -0.1) is 0 Å². The lowest BCUT2D eigenvalue weighted by atomic mass is 9.64. The van der Waals surface area contributed by atoms with E-state index >= 15 is 0 Å². The van der Waals surface area contributed by atoms with E-state index in [1.165, 1.54) is 32.2 Å². The van der Waals surface area contributed by atoms with Crippen LogP contribution >= 0.6 is 0 Å². The number of hydrogen-bond acceptors (Lipinski definition) is 1. The zero-order valence-electron chi connectivity index (χ0n) is 9.69. The second-order valence-corrected chi connectivity index (χ2v) is 5.49. The molecule has 1 aliphatic rings. The Morgan fingerprint density at radius 2 is 1.77 bits per heavy atom. The number of rotatable bonds is 5. The van der Waals surface area contributed by atoms with E-state index in [1.807, 2.05) is 0 Å². The lowest BCUT2D eigenvalue weighted by molar-refractivity contribution is 0.0956. The quantitative estimate of drug-likeness (QED) is 0.690. The van der Waals surface area contributed by atoms with Crippen LogP contribution in [0.1, 0.15) is 53.4 Å². The first-order valence-corrected chi connectivity index (χ1v) is 5.77. The smallest absolute Gasteiger partial charge is 0.00106 e. The van der Waals surface area contributed by atoms with E-state index in [9.17, 15) is 0 Å². The fraction of sp³-hybridized carbons (Fsp3) is 1.00. The minimum absolute atomic E-state index is 0.643. The molecule has 0 aromatic heterocycles. The van der Waals surface area contributed by atoms with E-state index in [1.54, 1.807) is 0 Å². The molecule has 0 heterocycles. The molecule has 0 aromatic rings. The second kappa shape index (κ2) is 4.45. The van der Waals surface area contributed by atoms with E-state index in [-0.39, 0.29) is 0 Å². The highest BCUT2D eigenvalue weighted by molar-refractivity contribution is 4.90. The molecule has 0 saturated heterocycles. The Morgan fingerprint density at radius 1 is 1.15 bits per heavy atom.